The Hall–Kier alpha value is -1.27. The summed E-state index contributed by atoms with van der Waals surface area (Å²) in [5.41, 5.74) is 7.33. The van der Waals surface area contributed by atoms with Crippen molar-refractivity contribution in [3.63, 3.8) is 0 Å². The average molecular weight is 316 g/mol. The third-order valence-corrected chi connectivity index (χ3v) is 3.84. The SMILES string of the molecule is Cc1c(CC(N)C(=O)O)cc2c(c1Br)OCCO2. The van der Waals surface area contributed by atoms with Crippen molar-refractivity contribution in [1.29, 1.82) is 0 Å². The van der Waals surface area contributed by atoms with Crippen LogP contribution < -0.4 is 15.2 Å². The molecule has 18 heavy (non-hydrogen) atoms. The van der Waals surface area contributed by atoms with Gasteiger partial charge in [0.25, 0.3) is 0 Å². The number of aliphatic carboxylic acids is 1. The highest BCUT2D eigenvalue weighted by Crippen LogP contribution is 2.41. The molecule has 1 aliphatic heterocycles. The standard InChI is InChI=1S/C12H14BrNO4/c1-6-7(4-8(14)12(15)16)5-9-11(10(6)13)18-3-2-17-9/h5,8H,2-4,14H2,1H3,(H,15,16). The second kappa shape index (κ2) is 5.16. The molecule has 6 heteroatoms. The van der Waals surface area contributed by atoms with Gasteiger partial charge in [-0.3, -0.25) is 4.79 Å². The lowest BCUT2D eigenvalue weighted by Crippen LogP contribution is -2.32. The zero-order valence-electron chi connectivity index (χ0n) is 9.90. The van der Waals surface area contributed by atoms with E-state index in [0.29, 0.717) is 24.7 Å². The Morgan fingerprint density at radius 2 is 2.22 bits per heavy atom. The quantitative estimate of drug-likeness (QED) is 0.883. The van der Waals surface area contributed by atoms with Crippen molar-refractivity contribution in [2.45, 2.75) is 19.4 Å². The number of rotatable bonds is 3. The van der Waals surface area contributed by atoms with Gasteiger partial charge >= 0.3 is 5.97 Å². The van der Waals surface area contributed by atoms with Crippen LogP contribution in [0.4, 0.5) is 0 Å². The van der Waals surface area contributed by atoms with Gasteiger partial charge in [-0.05, 0) is 46.5 Å². The molecule has 1 aliphatic rings. The van der Waals surface area contributed by atoms with Crippen LogP contribution in [0.2, 0.25) is 0 Å². The first kappa shape index (κ1) is 13.2. The van der Waals surface area contributed by atoms with Gasteiger partial charge in [-0.15, -0.1) is 0 Å². The lowest BCUT2D eigenvalue weighted by molar-refractivity contribution is -0.138. The van der Waals surface area contributed by atoms with E-state index in [2.05, 4.69) is 15.9 Å². The molecule has 1 heterocycles. The Bertz CT molecular complexity index is 489. The summed E-state index contributed by atoms with van der Waals surface area (Å²) in [4.78, 5) is 10.8. The monoisotopic (exact) mass is 315 g/mol. The topological polar surface area (TPSA) is 81.8 Å². The molecule has 0 fully saturated rings. The molecule has 2 rings (SSSR count). The van der Waals surface area contributed by atoms with E-state index in [0.717, 1.165) is 15.6 Å². The highest BCUT2D eigenvalue weighted by atomic mass is 79.9. The minimum atomic E-state index is -1.01. The van der Waals surface area contributed by atoms with Crippen LogP contribution in [-0.2, 0) is 11.2 Å². The van der Waals surface area contributed by atoms with Gasteiger partial charge in [0.05, 0.1) is 4.47 Å². The van der Waals surface area contributed by atoms with Gasteiger partial charge in [0.1, 0.15) is 19.3 Å². The number of carboxylic acid groups (broad SMARTS) is 1. The van der Waals surface area contributed by atoms with Gasteiger partial charge in [0.2, 0.25) is 0 Å². The summed E-state index contributed by atoms with van der Waals surface area (Å²) in [7, 11) is 0. The van der Waals surface area contributed by atoms with Crippen LogP contribution >= 0.6 is 15.9 Å². The summed E-state index contributed by atoms with van der Waals surface area (Å²) < 4.78 is 11.8. The number of nitrogens with two attached hydrogens (primary N) is 1. The number of carboxylic acids is 1. The summed E-state index contributed by atoms with van der Waals surface area (Å²) in [6.45, 7) is 2.90. The molecule has 98 valence electrons. The highest BCUT2D eigenvalue weighted by molar-refractivity contribution is 9.10. The van der Waals surface area contributed by atoms with Crippen LogP contribution in [0, 0.1) is 6.92 Å². The van der Waals surface area contributed by atoms with Crippen molar-refractivity contribution in [3.05, 3.63) is 21.7 Å². The Kier molecular flexibility index (Phi) is 3.77. The maximum atomic E-state index is 10.8. The first-order chi connectivity index (χ1) is 8.50. The van der Waals surface area contributed by atoms with E-state index in [-0.39, 0.29) is 6.42 Å². The summed E-state index contributed by atoms with van der Waals surface area (Å²) in [5, 5.41) is 8.85. The van der Waals surface area contributed by atoms with Crippen molar-refractivity contribution in [1.82, 2.24) is 0 Å². The number of hydrogen-bond acceptors (Lipinski definition) is 4. The number of ether oxygens (including phenoxy) is 2. The molecule has 5 nitrogen and oxygen atoms in total. The van der Waals surface area contributed by atoms with E-state index >= 15 is 0 Å². The highest BCUT2D eigenvalue weighted by Gasteiger charge is 2.22. The van der Waals surface area contributed by atoms with E-state index < -0.39 is 12.0 Å². The molecular weight excluding hydrogens is 302 g/mol. The summed E-state index contributed by atoms with van der Waals surface area (Å²) in [6.07, 6.45) is 0.260. The molecule has 1 atom stereocenters. The molecule has 1 unspecified atom stereocenters. The Balaban J connectivity index is 2.37. The summed E-state index contributed by atoms with van der Waals surface area (Å²) in [6, 6.07) is 0.885. The van der Waals surface area contributed by atoms with Crippen molar-refractivity contribution < 1.29 is 19.4 Å². The third kappa shape index (κ3) is 2.44. The van der Waals surface area contributed by atoms with Crippen LogP contribution in [0.1, 0.15) is 11.1 Å². The van der Waals surface area contributed by atoms with Crippen molar-refractivity contribution >= 4 is 21.9 Å². The fourth-order valence-electron chi connectivity index (χ4n) is 1.82. The Morgan fingerprint density at radius 1 is 1.56 bits per heavy atom. The van der Waals surface area contributed by atoms with Gasteiger partial charge < -0.3 is 20.3 Å². The molecule has 3 N–H and O–H groups in total. The molecule has 0 bridgehead atoms. The van der Waals surface area contributed by atoms with Gasteiger partial charge in [-0.2, -0.15) is 0 Å². The number of benzene rings is 1. The van der Waals surface area contributed by atoms with Crippen LogP contribution in [-0.4, -0.2) is 30.3 Å². The normalized spacial score (nSPS) is 15.3. The molecule has 0 aliphatic carbocycles. The average Bonchev–Trinajstić information content (AvgIpc) is 2.35. The second-order valence-electron chi connectivity index (χ2n) is 4.15. The minimum Gasteiger partial charge on any atom is -0.486 e. The number of carbonyl (C=O) groups is 1. The van der Waals surface area contributed by atoms with Crippen LogP contribution in [0.25, 0.3) is 0 Å². The molecule has 0 saturated carbocycles. The smallest absolute Gasteiger partial charge is 0.320 e. The van der Waals surface area contributed by atoms with Gasteiger partial charge in [-0.25, -0.2) is 0 Å². The summed E-state index contributed by atoms with van der Waals surface area (Å²) >= 11 is 3.45. The zero-order chi connectivity index (χ0) is 13.3. The Morgan fingerprint density at radius 3 is 2.89 bits per heavy atom. The molecule has 0 amide bonds. The maximum absolute atomic E-state index is 10.8. The second-order valence-corrected chi connectivity index (χ2v) is 4.94. The van der Waals surface area contributed by atoms with E-state index in [1.165, 1.54) is 0 Å². The largest absolute Gasteiger partial charge is 0.486 e. The van der Waals surface area contributed by atoms with Crippen LogP contribution in [0.5, 0.6) is 11.5 Å². The van der Waals surface area contributed by atoms with E-state index in [9.17, 15) is 4.79 Å². The van der Waals surface area contributed by atoms with Crippen LogP contribution in [0.15, 0.2) is 10.5 Å². The van der Waals surface area contributed by atoms with Crippen molar-refractivity contribution in [2.75, 3.05) is 13.2 Å². The molecule has 0 aromatic heterocycles. The van der Waals surface area contributed by atoms with Gasteiger partial charge in [-0.1, -0.05) is 0 Å². The van der Waals surface area contributed by atoms with Crippen molar-refractivity contribution in [2.24, 2.45) is 5.73 Å². The van der Waals surface area contributed by atoms with E-state index in [4.69, 9.17) is 20.3 Å². The third-order valence-electron chi connectivity index (χ3n) is 2.88. The maximum Gasteiger partial charge on any atom is 0.320 e. The number of fused-ring (bicyclic) bond motifs is 1. The zero-order valence-corrected chi connectivity index (χ0v) is 11.5. The number of hydrogen-bond donors (Lipinski definition) is 2. The first-order valence-corrected chi connectivity index (χ1v) is 6.36. The lowest BCUT2D eigenvalue weighted by Gasteiger charge is -2.22. The first-order valence-electron chi connectivity index (χ1n) is 5.56. The van der Waals surface area contributed by atoms with Crippen LogP contribution in [0.3, 0.4) is 0 Å². The van der Waals surface area contributed by atoms with E-state index in [1.54, 1.807) is 6.07 Å². The van der Waals surface area contributed by atoms with E-state index in [1.807, 2.05) is 6.92 Å². The fraction of sp³-hybridized carbons (Fsp3) is 0.417. The molecule has 1 aromatic rings. The predicted molar refractivity (Wildman–Crippen MR) is 69.2 cm³/mol. The molecule has 0 radical (unpaired) electrons. The Labute approximate surface area is 113 Å². The minimum absolute atomic E-state index is 0.260. The molecule has 0 saturated heterocycles. The summed E-state index contributed by atoms with van der Waals surface area (Å²) in [5.74, 6) is 0.290. The molecular formula is C12H14BrNO4. The predicted octanol–water partition coefficient (Wildman–Crippen LogP) is 1.48. The molecule has 0 spiro atoms. The van der Waals surface area contributed by atoms with Crippen molar-refractivity contribution in [3.8, 4) is 11.5 Å². The lowest BCUT2D eigenvalue weighted by atomic mass is 10.0. The van der Waals surface area contributed by atoms with Gasteiger partial charge in [0.15, 0.2) is 11.5 Å². The fourth-order valence-corrected chi connectivity index (χ4v) is 2.39. The van der Waals surface area contributed by atoms with Gasteiger partial charge in [0, 0.05) is 0 Å². The number of halogens is 1. The molecule has 1 aromatic carbocycles.